The third-order valence-electron chi connectivity index (χ3n) is 6.28. The molecule has 1 saturated carbocycles. The molecule has 2 N–H and O–H groups in total. The standard InChI is InChI=1S/C24H30N2O/c1-17(26-27-16-18-5-3-2-4-6-18)19-7-8-21-14-22(10-9-20(21)13-19)23-11-12-24(25)15-23/h2-6,9-10,14,19,23-24H,7-8,11-13,15-16,25H2,1H3/b26-17+. The molecular formula is C24H30N2O. The van der Waals surface area contributed by atoms with Crippen LogP contribution < -0.4 is 5.73 Å². The Morgan fingerprint density at radius 1 is 1.07 bits per heavy atom. The number of nitrogens with zero attached hydrogens (tertiary/aromatic N) is 1. The predicted octanol–water partition coefficient (Wildman–Crippen LogP) is 4.98. The van der Waals surface area contributed by atoms with Gasteiger partial charge in [-0.3, -0.25) is 0 Å². The minimum atomic E-state index is 0.394. The zero-order valence-electron chi connectivity index (χ0n) is 16.2. The highest BCUT2D eigenvalue weighted by Crippen LogP contribution is 2.36. The van der Waals surface area contributed by atoms with Crippen molar-refractivity contribution in [3.05, 3.63) is 70.8 Å². The molecule has 0 aromatic heterocycles. The molecule has 3 heteroatoms. The summed E-state index contributed by atoms with van der Waals surface area (Å²) in [6.07, 6.45) is 6.92. The molecular weight excluding hydrogens is 332 g/mol. The minimum absolute atomic E-state index is 0.394. The maximum absolute atomic E-state index is 6.10. The van der Waals surface area contributed by atoms with Gasteiger partial charge < -0.3 is 10.6 Å². The quantitative estimate of drug-likeness (QED) is 0.602. The molecule has 2 aromatic carbocycles. The third-order valence-corrected chi connectivity index (χ3v) is 6.28. The number of benzene rings is 2. The first kappa shape index (κ1) is 18.2. The number of hydrogen-bond acceptors (Lipinski definition) is 3. The van der Waals surface area contributed by atoms with Gasteiger partial charge in [0, 0.05) is 12.0 Å². The van der Waals surface area contributed by atoms with Crippen LogP contribution in [0.3, 0.4) is 0 Å². The van der Waals surface area contributed by atoms with E-state index in [4.69, 9.17) is 10.6 Å². The van der Waals surface area contributed by atoms with Crippen molar-refractivity contribution in [2.75, 3.05) is 0 Å². The smallest absolute Gasteiger partial charge is 0.142 e. The molecule has 1 fully saturated rings. The fourth-order valence-corrected chi connectivity index (χ4v) is 4.56. The second kappa shape index (κ2) is 8.26. The van der Waals surface area contributed by atoms with Gasteiger partial charge in [0.1, 0.15) is 6.61 Å². The number of rotatable bonds is 5. The monoisotopic (exact) mass is 362 g/mol. The van der Waals surface area contributed by atoms with Crippen LogP contribution in [0.1, 0.15) is 60.8 Å². The molecule has 4 rings (SSSR count). The second-order valence-corrected chi connectivity index (χ2v) is 8.23. The van der Waals surface area contributed by atoms with Crippen LogP contribution in [0.4, 0.5) is 0 Å². The first-order chi connectivity index (χ1) is 13.2. The van der Waals surface area contributed by atoms with Crippen LogP contribution >= 0.6 is 0 Å². The summed E-state index contributed by atoms with van der Waals surface area (Å²) >= 11 is 0. The fraction of sp³-hybridized carbons (Fsp3) is 0.458. The van der Waals surface area contributed by atoms with Crippen LogP contribution in [-0.2, 0) is 24.3 Å². The Bertz CT molecular complexity index is 799. The van der Waals surface area contributed by atoms with Crippen molar-refractivity contribution < 1.29 is 4.84 Å². The van der Waals surface area contributed by atoms with Crippen molar-refractivity contribution in [2.45, 2.75) is 64.0 Å². The maximum Gasteiger partial charge on any atom is 0.142 e. The summed E-state index contributed by atoms with van der Waals surface area (Å²) in [6.45, 7) is 2.64. The minimum Gasteiger partial charge on any atom is -0.391 e. The zero-order valence-corrected chi connectivity index (χ0v) is 16.2. The van der Waals surface area contributed by atoms with E-state index in [2.05, 4.69) is 42.4 Å². The third kappa shape index (κ3) is 4.41. The average molecular weight is 363 g/mol. The molecule has 2 aromatic rings. The highest BCUT2D eigenvalue weighted by Gasteiger charge is 2.26. The lowest BCUT2D eigenvalue weighted by Gasteiger charge is -2.25. The molecule has 3 nitrogen and oxygen atoms in total. The van der Waals surface area contributed by atoms with Crippen molar-refractivity contribution in [3.8, 4) is 0 Å². The molecule has 2 aliphatic rings. The number of hydrogen-bond donors (Lipinski definition) is 1. The number of aryl methyl sites for hydroxylation is 1. The van der Waals surface area contributed by atoms with Crippen LogP contribution in [0.5, 0.6) is 0 Å². The molecule has 3 atom stereocenters. The Labute approximate surface area is 162 Å². The second-order valence-electron chi connectivity index (χ2n) is 8.23. The van der Waals surface area contributed by atoms with Crippen LogP contribution in [0.2, 0.25) is 0 Å². The Morgan fingerprint density at radius 2 is 1.93 bits per heavy atom. The van der Waals surface area contributed by atoms with Gasteiger partial charge in [-0.05, 0) is 73.6 Å². The van der Waals surface area contributed by atoms with Gasteiger partial charge in [-0.15, -0.1) is 0 Å². The Balaban J connectivity index is 1.37. The van der Waals surface area contributed by atoms with Crippen molar-refractivity contribution in [3.63, 3.8) is 0 Å². The molecule has 142 valence electrons. The topological polar surface area (TPSA) is 47.6 Å². The molecule has 0 heterocycles. The molecule has 27 heavy (non-hydrogen) atoms. The summed E-state index contributed by atoms with van der Waals surface area (Å²) in [5, 5.41) is 4.41. The normalized spacial score (nSPS) is 25.3. The van der Waals surface area contributed by atoms with Gasteiger partial charge in [0.15, 0.2) is 0 Å². The van der Waals surface area contributed by atoms with Gasteiger partial charge in [-0.1, -0.05) is 53.7 Å². The molecule has 0 aliphatic heterocycles. The van der Waals surface area contributed by atoms with Crippen LogP contribution in [-0.4, -0.2) is 11.8 Å². The lowest BCUT2D eigenvalue weighted by atomic mass is 9.80. The van der Waals surface area contributed by atoms with E-state index in [9.17, 15) is 0 Å². The lowest BCUT2D eigenvalue weighted by Crippen LogP contribution is -2.21. The van der Waals surface area contributed by atoms with Crippen molar-refractivity contribution >= 4 is 5.71 Å². The van der Waals surface area contributed by atoms with Gasteiger partial charge in [-0.2, -0.15) is 0 Å². The van der Waals surface area contributed by atoms with Gasteiger partial charge in [-0.25, -0.2) is 0 Å². The van der Waals surface area contributed by atoms with Crippen LogP contribution in [0.15, 0.2) is 53.7 Å². The van der Waals surface area contributed by atoms with E-state index in [1.165, 1.54) is 29.5 Å². The number of nitrogens with two attached hydrogens (primary N) is 1. The Hall–Kier alpha value is -2.13. The van der Waals surface area contributed by atoms with E-state index in [0.717, 1.165) is 37.0 Å². The van der Waals surface area contributed by atoms with E-state index >= 15 is 0 Å². The van der Waals surface area contributed by atoms with Crippen LogP contribution in [0.25, 0.3) is 0 Å². The fourth-order valence-electron chi connectivity index (χ4n) is 4.56. The molecule has 0 radical (unpaired) electrons. The molecule has 0 amide bonds. The van der Waals surface area contributed by atoms with Crippen LogP contribution in [0, 0.1) is 5.92 Å². The summed E-state index contributed by atoms with van der Waals surface area (Å²) in [6, 6.07) is 17.7. The summed E-state index contributed by atoms with van der Waals surface area (Å²) in [5.74, 6) is 1.15. The number of fused-ring (bicyclic) bond motifs is 1. The first-order valence-electron chi connectivity index (χ1n) is 10.3. The van der Waals surface area contributed by atoms with E-state index in [1.807, 2.05) is 18.2 Å². The predicted molar refractivity (Wildman–Crippen MR) is 111 cm³/mol. The summed E-state index contributed by atoms with van der Waals surface area (Å²) in [5.41, 5.74) is 12.9. The SMILES string of the molecule is C/C(=N\OCc1ccccc1)C1CCc2cc(C3CCC(N)C3)ccc2C1. The van der Waals surface area contributed by atoms with Crippen molar-refractivity contribution in [1.29, 1.82) is 0 Å². The highest BCUT2D eigenvalue weighted by atomic mass is 16.6. The van der Waals surface area contributed by atoms with E-state index in [-0.39, 0.29) is 0 Å². The van der Waals surface area contributed by atoms with Crippen molar-refractivity contribution in [2.24, 2.45) is 16.8 Å². The summed E-state index contributed by atoms with van der Waals surface area (Å²) in [4.78, 5) is 5.60. The molecule has 0 saturated heterocycles. The first-order valence-corrected chi connectivity index (χ1v) is 10.3. The average Bonchev–Trinajstić information content (AvgIpc) is 3.14. The highest BCUT2D eigenvalue weighted by molar-refractivity contribution is 5.84. The molecule has 2 aliphatic carbocycles. The molecule has 0 spiro atoms. The maximum atomic E-state index is 6.10. The summed E-state index contributed by atoms with van der Waals surface area (Å²) in [7, 11) is 0. The summed E-state index contributed by atoms with van der Waals surface area (Å²) < 4.78 is 0. The Kier molecular flexibility index (Phi) is 5.58. The Morgan fingerprint density at radius 3 is 2.70 bits per heavy atom. The molecule has 3 unspecified atom stereocenters. The van der Waals surface area contributed by atoms with Crippen molar-refractivity contribution in [1.82, 2.24) is 0 Å². The van der Waals surface area contributed by atoms with E-state index in [0.29, 0.717) is 24.5 Å². The molecule has 0 bridgehead atoms. The zero-order chi connectivity index (χ0) is 18.6. The van der Waals surface area contributed by atoms with E-state index < -0.39 is 0 Å². The largest absolute Gasteiger partial charge is 0.391 e. The van der Waals surface area contributed by atoms with E-state index in [1.54, 1.807) is 0 Å². The number of oxime groups is 1. The van der Waals surface area contributed by atoms with Gasteiger partial charge in [0.2, 0.25) is 0 Å². The van der Waals surface area contributed by atoms with Gasteiger partial charge >= 0.3 is 0 Å². The van der Waals surface area contributed by atoms with Gasteiger partial charge in [0.25, 0.3) is 0 Å². The lowest BCUT2D eigenvalue weighted by molar-refractivity contribution is 0.128. The van der Waals surface area contributed by atoms with Gasteiger partial charge in [0.05, 0.1) is 5.71 Å².